The number of fused-ring (bicyclic) bond motifs is 2. The van der Waals surface area contributed by atoms with Crippen molar-refractivity contribution in [1.29, 1.82) is 0 Å². The number of nitrogens with one attached hydrogen (secondary N) is 4. The highest BCUT2D eigenvalue weighted by Gasteiger charge is 2.44. The van der Waals surface area contributed by atoms with E-state index in [1.54, 1.807) is 16.0 Å². The lowest BCUT2D eigenvalue weighted by molar-refractivity contribution is -0.136. The Labute approximate surface area is 448 Å². The fourth-order valence-electron chi connectivity index (χ4n) is 11.8. The van der Waals surface area contributed by atoms with E-state index in [2.05, 4.69) is 32.7 Å². The van der Waals surface area contributed by atoms with Crippen molar-refractivity contribution in [1.82, 2.24) is 45.3 Å². The first-order valence-electron chi connectivity index (χ1n) is 27.6. The van der Waals surface area contributed by atoms with E-state index in [4.69, 9.17) is 33.7 Å². The SMILES string of the molecule is CC(C)[C@H](NC(=O)OC1CCCC1)C(=O)N1C[C@H](OC(=O)N2Cc3cc4c(cc3C2)OCO4)CC1c1ncc(-c2ccc(-c3ccc(-c4c[nH]c([C@@H]5CCCN5C(=O)[C@@H](NC(=O)OC5CCCC5)C(C)C)n4)cc3)cc2)[nH]1. The van der Waals surface area contributed by atoms with Gasteiger partial charge in [-0.15, -0.1) is 0 Å². The zero-order valence-corrected chi connectivity index (χ0v) is 44.3. The Hall–Kier alpha value is -7.57. The smallest absolute Gasteiger partial charge is 0.410 e. The first kappa shape index (κ1) is 51.5. The minimum Gasteiger partial charge on any atom is -0.454 e. The average Bonchev–Trinajstić information content (AvgIpc) is 4.33. The van der Waals surface area contributed by atoms with E-state index in [0.717, 1.165) is 109 Å². The third-order valence-electron chi connectivity index (χ3n) is 16.1. The van der Waals surface area contributed by atoms with Crippen LogP contribution in [0.5, 0.6) is 11.5 Å². The van der Waals surface area contributed by atoms with Crippen LogP contribution >= 0.6 is 0 Å². The van der Waals surface area contributed by atoms with Gasteiger partial charge in [-0.3, -0.25) is 14.5 Å². The molecule has 0 bridgehead atoms. The number of hydrogen-bond donors (Lipinski definition) is 4. The number of rotatable bonds is 14. The molecule has 2 saturated heterocycles. The number of ether oxygens (including phenoxy) is 5. The highest BCUT2D eigenvalue weighted by Crippen LogP contribution is 2.40. The van der Waals surface area contributed by atoms with Gasteiger partial charge in [-0.25, -0.2) is 24.4 Å². The molecule has 6 aliphatic rings. The Balaban J connectivity index is 0.751. The van der Waals surface area contributed by atoms with Gasteiger partial charge in [0.2, 0.25) is 18.6 Å². The molecule has 3 aromatic carbocycles. The summed E-state index contributed by atoms with van der Waals surface area (Å²) in [4.78, 5) is 90.1. The molecular weight excluding hydrogens is 983 g/mol. The highest BCUT2D eigenvalue weighted by atomic mass is 16.7. The number of carbonyl (C=O) groups is 5. The van der Waals surface area contributed by atoms with Gasteiger partial charge in [0.15, 0.2) is 11.5 Å². The van der Waals surface area contributed by atoms with E-state index in [-0.39, 0.29) is 55.2 Å². The number of likely N-dealkylation sites (tertiary alicyclic amines) is 2. The van der Waals surface area contributed by atoms with Crippen LogP contribution in [0.15, 0.2) is 73.1 Å². The maximum Gasteiger partial charge on any atom is 0.410 e. The monoisotopic (exact) mass is 1050 g/mol. The highest BCUT2D eigenvalue weighted by molar-refractivity contribution is 5.87. The minimum absolute atomic E-state index is 0.0879. The molecule has 4 fully saturated rings. The second-order valence-corrected chi connectivity index (χ2v) is 22.1. The summed E-state index contributed by atoms with van der Waals surface area (Å²) in [6.45, 7) is 9.21. The van der Waals surface area contributed by atoms with Gasteiger partial charge in [0.1, 0.15) is 42.0 Å². The summed E-state index contributed by atoms with van der Waals surface area (Å²) in [5.74, 6) is 1.73. The molecule has 0 radical (unpaired) electrons. The lowest BCUT2D eigenvalue weighted by atomic mass is 10.0. The number of imidazole rings is 2. The van der Waals surface area contributed by atoms with Crippen molar-refractivity contribution < 1.29 is 47.7 Å². The summed E-state index contributed by atoms with van der Waals surface area (Å²) in [5.41, 5.74) is 7.28. The summed E-state index contributed by atoms with van der Waals surface area (Å²) in [5, 5.41) is 5.74. The maximum absolute atomic E-state index is 14.6. The van der Waals surface area contributed by atoms with E-state index in [1.165, 1.54) is 0 Å². The van der Waals surface area contributed by atoms with Gasteiger partial charge in [-0.2, -0.15) is 0 Å². The molecule has 4 aliphatic heterocycles. The van der Waals surface area contributed by atoms with Crippen LogP contribution in [0.3, 0.4) is 0 Å². The van der Waals surface area contributed by atoms with E-state index in [9.17, 15) is 24.0 Å². The van der Waals surface area contributed by atoms with Gasteiger partial charge in [-0.05, 0) is 116 Å². The lowest BCUT2D eigenvalue weighted by Gasteiger charge is -2.30. The van der Waals surface area contributed by atoms with E-state index < -0.39 is 42.5 Å². The molecule has 2 saturated carbocycles. The van der Waals surface area contributed by atoms with Crippen molar-refractivity contribution in [3.63, 3.8) is 0 Å². The molecule has 19 heteroatoms. The zero-order chi connectivity index (χ0) is 53.3. The fraction of sp³-hybridized carbons (Fsp3) is 0.500. The van der Waals surface area contributed by atoms with Gasteiger partial charge in [0, 0.05) is 37.8 Å². The van der Waals surface area contributed by atoms with E-state index in [1.807, 2.05) is 87.3 Å². The van der Waals surface area contributed by atoms with Crippen LogP contribution in [-0.2, 0) is 36.9 Å². The van der Waals surface area contributed by atoms with Crippen molar-refractivity contribution in [2.75, 3.05) is 19.9 Å². The van der Waals surface area contributed by atoms with Crippen LogP contribution in [0.25, 0.3) is 33.6 Å². The molecule has 0 spiro atoms. The number of aromatic nitrogens is 4. The number of hydrogen-bond acceptors (Lipinski definition) is 12. The van der Waals surface area contributed by atoms with Gasteiger partial charge in [0.25, 0.3) is 0 Å². The van der Waals surface area contributed by atoms with Crippen LogP contribution < -0.4 is 20.1 Å². The number of amides is 5. The summed E-state index contributed by atoms with van der Waals surface area (Å²) in [6.07, 6.45) is 10.4. The largest absolute Gasteiger partial charge is 0.454 e. The third-order valence-corrected chi connectivity index (χ3v) is 16.1. The molecule has 6 heterocycles. The number of aromatic amines is 2. The molecule has 5 amide bonds. The molecule has 77 heavy (non-hydrogen) atoms. The molecule has 19 nitrogen and oxygen atoms in total. The van der Waals surface area contributed by atoms with Crippen molar-refractivity contribution in [3.8, 4) is 45.1 Å². The first-order valence-corrected chi connectivity index (χ1v) is 27.6. The fourth-order valence-corrected chi connectivity index (χ4v) is 11.8. The quantitative estimate of drug-likeness (QED) is 0.0764. The van der Waals surface area contributed by atoms with Crippen molar-refractivity contribution >= 4 is 30.1 Å². The number of H-pyrrole nitrogens is 2. The number of alkyl carbamates (subject to hydrolysis) is 2. The molecule has 5 atom stereocenters. The van der Waals surface area contributed by atoms with Gasteiger partial charge < -0.3 is 54.1 Å². The summed E-state index contributed by atoms with van der Waals surface area (Å²) < 4.78 is 28.6. The van der Waals surface area contributed by atoms with Crippen molar-refractivity contribution in [2.45, 2.75) is 154 Å². The number of benzene rings is 3. The Kier molecular flexibility index (Phi) is 14.8. The molecule has 11 rings (SSSR count). The lowest BCUT2D eigenvalue weighted by Crippen LogP contribution is -2.52. The predicted octanol–water partition coefficient (Wildman–Crippen LogP) is 9.71. The van der Waals surface area contributed by atoms with Gasteiger partial charge in [-0.1, -0.05) is 76.2 Å². The van der Waals surface area contributed by atoms with Crippen LogP contribution in [-0.4, -0.2) is 115 Å². The molecule has 4 N–H and O–H groups in total. The van der Waals surface area contributed by atoms with Crippen LogP contribution in [0.1, 0.15) is 133 Å². The molecule has 2 aliphatic carbocycles. The molecule has 1 unspecified atom stereocenters. The standard InChI is InChI=1S/C58H69N9O10/c1-33(2)50(63-56(70)75-41-10-5-6-11-41)54(68)66-23-9-14-46(66)52-59-27-44(61-52)37-19-15-35(16-20-37)36-17-21-38(22-18-36)45-28-60-53(62-45)47-26-43(77-58(72)65-29-39-24-48-49(74-32-73-48)25-40(39)30-65)31-67(47)55(69)51(34(3)4)64-57(71)76-42-12-7-8-13-42/h15-22,24-25,27-28,33-34,41-43,46-47,50-51H,5-14,23,26,29-32H2,1-4H3,(H,59,61)(H,60,62)(H,63,70)(H,64,71)/t43-,46+,47?,50+,51+/m1/s1. The van der Waals surface area contributed by atoms with Gasteiger partial charge >= 0.3 is 18.3 Å². The van der Waals surface area contributed by atoms with Crippen LogP contribution in [0.4, 0.5) is 14.4 Å². The van der Waals surface area contributed by atoms with Crippen LogP contribution in [0, 0.1) is 11.8 Å². The Morgan fingerprint density at radius 3 is 1.75 bits per heavy atom. The Bertz CT molecular complexity index is 2930. The molecule has 406 valence electrons. The second kappa shape index (κ2) is 22.2. The second-order valence-electron chi connectivity index (χ2n) is 22.1. The summed E-state index contributed by atoms with van der Waals surface area (Å²) in [6, 6.07) is 17.7. The average molecular weight is 1050 g/mol. The maximum atomic E-state index is 14.6. The van der Waals surface area contributed by atoms with Gasteiger partial charge in [0.05, 0.1) is 36.2 Å². The summed E-state index contributed by atoms with van der Waals surface area (Å²) in [7, 11) is 0. The number of nitrogens with zero attached hydrogens (tertiary/aromatic N) is 5. The molecular formula is C58H69N9O10. The van der Waals surface area contributed by atoms with Crippen molar-refractivity contribution in [2.24, 2.45) is 11.8 Å². The molecule has 5 aromatic rings. The zero-order valence-electron chi connectivity index (χ0n) is 44.3. The van der Waals surface area contributed by atoms with E-state index in [0.29, 0.717) is 49.2 Å². The van der Waals surface area contributed by atoms with Crippen LogP contribution in [0.2, 0.25) is 0 Å². The molecule has 2 aromatic heterocycles. The topological polar surface area (TPSA) is 223 Å². The first-order chi connectivity index (χ1) is 37.3. The minimum atomic E-state index is -0.889. The number of carbonyl (C=O) groups excluding carboxylic acids is 5. The van der Waals surface area contributed by atoms with E-state index >= 15 is 0 Å². The Morgan fingerprint density at radius 1 is 0.636 bits per heavy atom. The normalized spacial score (nSPS) is 21.0. The van der Waals surface area contributed by atoms with Crippen molar-refractivity contribution in [3.05, 3.63) is 95.8 Å². The summed E-state index contributed by atoms with van der Waals surface area (Å²) >= 11 is 0. The third kappa shape index (κ3) is 11.2. The Morgan fingerprint density at radius 2 is 1.18 bits per heavy atom. The predicted molar refractivity (Wildman–Crippen MR) is 283 cm³/mol.